The Kier molecular flexibility index (Phi) is 10.3. The number of piperazine rings is 1. The number of hydrogen-bond donors (Lipinski definition) is 2. The molecule has 1 aliphatic rings. The topological polar surface area (TPSA) is 99.2 Å². The van der Waals surface area contributed by atoms with Crippen molar-refractivity contribution in [2.45, 2.75) is 38.7 Å². The quantitative estimate of drug-likeness (QED) is 0.156. The Labute approximate surface area is 209 Å². The highest BCUT2D eigenvalue weighted by molar-refractivity contribution is 5.95. The van der Waals surface area contributed by atoms with Gasteiger partial charge in [-0.2, -0.15) is 31.4 Å². The third-order valence-corrected chi connectivity index (χ3v) is 5.39. The van der Waals surface area contributed by atoms with Crippen LogP contribution in [0, 0.1) is 0 Å². The molecule has 0 radical (unpaired) electrons. The lowest BCUT2D eigenvalue weighted by molar-refractivity contribution is -0.138. The molecule has 0 unspecified atom stereocenters. The first-order valence-corrected chi connectivity index (χ1v) is 11.2. The molecule has 0 spiro atoms. The minimum Gasteiger partial charge on any atom is -0.383 e. The number of carbonyl (C=O) groups is 2. The van der Waals surface area contributed by atoms with E-state index in [1.54, 1.807) is 22.1 Å². The van der Waals surface area contributed by atoms with Gasteiger partial charge in [0.25, 0.3) is 5.91 Å². The van der Waals surface area contributed by atoms with Crippen LogP contribution in [-0.4, -0.2) is 80.0 Å². The normalized spacial score (nSPS) is 16.1. The van der Waals surface area contributed by atoms with Crippen LogP contribution < -0.4 is 15.6 Å². The molecule has 1 atom stereocenters. The summed E-state index contributed by atoms with van der Waals surface area (Å²) in [5, 5.41) is 5.51. The first kappa shape index (κ1) is 29.9. The Morgan fingerprint density at radius 1 is 1.16 bits per heavy atom. The second-order valence-corrected chi connectivity index (χ2v) is 8.24. The SMILES string of the molecule is C=NNC(=O)/C(=C(\C)N[C@@H](C)COCCC(=O)N1CCN(c2ccc(C(F)(F)F)cn2)CC1)C(F)(F)F. The van der Waals surface area contributed by atoms with Crippen LogP contribution in [0.5, 0.6) is 0 Å². The molecule has 15 heteroatoms. The van der Waals surface area contributed by atoms with Crippen LogP contribution in [0.3, 0.4) is 0 Å². The van der Waals surface area contributed by atoms with E-state index >= 15 is 0 Å². The number of hydrazone groups is 1. The summed E-state index contributed by atoms with van der Waals surface area (Å²) in [4.78, 5) is 31.3. The lowest BCUT2D eigenvalue weighted by Crippen LogP contribution is -2.49. The molecular formula is C22H28F6N6O3. The summed E-state index contributed by atoms with van der Waals surface area (Å²) in [7, 11) is 0. The van der Waals surface area contributed by atoms with Crippen LogP contribution >= 0.6 is 0 Å². The average Bonchev–Trinajstić information content (AvgIpc) is 2.80. The third kappa shape index (κ3) is 8.91. The Morgan fingerprint density at radius 2 is 1.81 bits per heavy atom. The smallest absolute Gasteiger partial charge is 0.383 e. The van der Waals surface area contributed by atoms with E-state index in [0.29, 0.717) is 32.0 Å². The number of pyridine rings is 1. The molecule has 2 N–H and O–H groups in total. The summed E-state index contributed by atoms with van der Waals surface area (Å²) < 4.78 is 83.1. The van der Waals surface area contributed by atoms with Crippen LogP contribution in [0.4, 0.5) is 32.2 Å². The lowest BCUT2D eigenvalue weighted by Gasteiger charge is -2.35. The van der Waals surface area contributed by atoms with Gasteiger partial charge in [-0.3, -0.25) is 9.59 Å². The highest BCUT2D eigenvalue weighted by atomic mass is 19.4. The number of alkyl halides is 6. The van der Waals surface area contributed by atoms with Gasteiger partial charge in [-0.1, -0.05) is 0 Å². The number of ether oxygens (including phenoxy) is 1. The second kappa shape index (κ2) is 12.7. The van der Waals surface area contributed by atoms with Gasteiger partial charge in [-0.05, 0) is 26.0 Å². The van der Waals surface area contributed by atoms with Crippen molar-refractivity contribution >= 4 is 24.3 Å². The number of allylic oxidation sites excluding steroid dienone is 1. The first-order valence-electron chi connectivity index (χ1n) is 11.2. The van der Waals surface area contributed by atoms with Crippen LogP contribution in [0.1, 0.15) is 25.8 Å². The van der Waals surface area contributed by atoms with Gasteiger partial charge in [0.2, 0.25) is 5.91 Å². The molecule has 2 heterocycles. The third-order valence-electron chi connectivity index (χ3n) is 5.39. The van der Waals surface area contributed by atoms with E-state index in [1.807, 2.05) is 0 Å². The molecule has 0 aliphatic carbocycles. The van der Waals surface area contributed by atoms with Crippen molar-refractivity contribution in [2.24, 2.45) is 5.10 Å². The Bertz CT molecular complexity index is 973. The van der Waals surface area contributed by atoms with Gasteiger partial charge < -0.3 is 19.9 Å². The molecule has 206 valence electrons. The second-order valence-electron chi connectivity index (χ2n) is 8.24. The zero-order valence-electron chi connectivity index (χ0n) is 20.2. The summed E-state index contributed by atoms with van der Waals surface area (Å²) in [5.74, 6) is -1.24. The van der Waals surface area contributed by atoms with E-state index in [2.05, 4.69) is 22.1 Å². The highest BCUT2D eigenvalue weighted by Crippen LogP contribution is 2.30. The van der Waals surface area contributed by atoms with Crippen LogP contribution in [0.2, 0.25) is 0 Å². The number of hydrogen-bond acceptors (Lipinski definition) is 7. The monoisotopic (exact) mass is 538 g/mol. The Morgan fingerprint density at radius 3 is 2.32 bits per heavy atom. The van der Waals surface area contributed by atoms with Crippen molar-refractivity contribution in [3.8, 4) is 0 Å². The Hall–Kier alpha value is -3.36. The van der Waals surface area contributed by atoms with E-state index in [-0.39, 0.29) is 25.5 Å². The molecule has 1 aromatic heterocycles. The molecule has 0 aromatic carbocycles. The van der Waals surface area contributed by atoms with Gasteiger partial charge >= 0.3 is 12.4 Å². The van der Waals surface area contributed by atoms with Gasteiger partial charge in [0.15, 0.2) is 0 Å². The number of rotatable bonds is 10. The zero-order valence-corrected chi connectivity index (χ0v) is 20.2. The fraction of sp³-hybridized carbons (Fsp3) is 0.545. The van der Waals surface area contributed by atoms with Crippen molar-refractivity contribution in [3.05, 3.63) is 35.2 Å². The summed E-state index contributed by atoms with van der Waals surface area (Å²) in [6, 6.07) is 1.65. The van der Waals surface area contributed by atoms with Crippen molar-refractivity contribution < 1.29 is 40.7 Å². The minimum atomic E-state index is -4.91. The van der Waals surface area contributed by atoms with E-state index in [0.717, 1.165) is 19.2 Å². The molecule has 1 fully saturated rings. The van der Waals surface area contributed by atoms with E-state index in [9.17, 15) is 35.9 Å². The maximum absolute atomic E-state index is 13.2. The molecule has 2 amide bonds. The number of nitrogens with one attached hydrogen (secondary N) is 2. The predicted molar refractivity (Wildman–Crippen MR) is 123 cm³/mol. The molecule has 37 heavy (non-hydrogen) atoms. The fourth-order valence-electron chi connectivity index (χ4n) is 3.63. The molecule has 0 bridgehead atoms. The van der Waals surface area contributed by atoms with Gasteiger partial charge in [-0.15, -0.1) is 0 Å². The number of amides is 2. The predicted octanol–water partition coefficient (Wildman–Crippen LogP) is 2.70. The number of halogens is 6. The zero-order chi connectivity index (χ0) is 27.8. The number of anilines is 1. The van der Waals surface area contributed by atoms with E-state index < -0.39 is 41.1 Å². The number of aromatic nitrogens is 1. The number of nitrogens with zero attached hydrogens (tertiary/aromatic N) is 4. The van der Waals surface area contributed by atoms with E-state index in [4.69, 9.17) is 4.74 Å². The van der Waals surface area contributed by atoms with Gasteiger partial charge in [-0.25, -0.2) is 10.4 Å². The van der Waals surface area contributed by atoms with Gasteiger partial charge in [0.1, 0.15) is 11.4 Å². The molecule has 1 saturated heterocycles. The fourth-order valence-corrected chi connectivity index (χ4v) is 3.63. The summed E-state index contributed by atoms with van der Waals surface area (Å²) >= 11 is 0. The highest BCUT2D eigenvalue weighted by Gasteiger charge is 2.41. The van der Waals surface area contributed by atoms with Crippen LogP contribution in [0.15, 0.2) is 34.7 Å². The van der Waals surface area contributed by atoms with Gasteiger partial charge in [0.05, 0.1) is 25.2 Å². The van der Waals surface area contributed by atoms with Crippen molar-refractivity contribution in [1.82, 2.24) is 20.6 Å². The standard InChI is InChI=1S/C22H28F6N6O3/c1-14(31-15(2)19(22(26,27)28)20(36)32-29-3)13-37-11-6-18(35)34-9-7-33(8-10-34)17-5-4-16(12-30-17)21(23,24)25/h4-5,12,14,31H,3,6-11,13H2,1-2H3,(H,32,36)/b19-15-/t14-/m0/s1. The summed E-state index contributed by atoms with van der Waals surface area (Å²) in [5.41, 5.74) is -1.03. The summed E-state index contributed by atoms with van der Waals surface area (Å²) in [6.07, 6.45) is -8.56. The van der Waals surface area contributed by atoms with Crippen molar-refractivity contribution in [2.75, 3.05) is 44.3 Å². The molecule has 0 saturated carbocycles. The molecular weight excluding hydrogens is 510 g/mol. The van der Waals surface area contributed by atoms with Crippen LogP contribution in [-0.2, 0) is 20.5 Å². The van der Waals surface area contributed by atoms with Crippen LogP contribution in [0.25, 0.3) is 0 Å². The molecule has 1 aliphatic heterocycles. The molecule has 9 nitrogen and oxygen atoms in total. The first-order chi connectivity index (χ1) is 17.2. The maximum atomic E-state index is 13.2. The maximum Gasteiger partial charge on any atom is 0.423 e. The lowest BCUT2D eigenvalue weighted by atomic mass is 10.1. The van der Waals surface area contributed by atoms with Crippen molar-refractivity contribution in [3.63, 3.8) is 0 Å². The number of carbonyl (C=O) groups excluding carboxylic acids is 2. The van der Waals surface area contributed by atoms with Crippen molar-refractivity contribution in [1.29, 1.82) is 0 Å². The summed E-state index contributed by atoms with van der Waals surface area (Å²) in [6.45, 7) is 7.09. The average molecular weight is 538 g/mol. The minimum absolute atomic E-state index is 0.0234. The molecule has 1 aromatic rings. The van der Waals surface area contributed by atoms with Gasteiger partial charge in [0, 0.05) is 50.8 Å². The van der Waals surface area contributed by atoms with E-state index in [1.165, 1.54) is 6.07 Å². The largest absolute Gasteiger partial charge is 0.423 e. The molecule has 2 rings (SSSR count). The Balaban J connectivity index is 1.76.